The van der Waals surface area contributed by atoms with Gasteiger partial charge in [0.15, 0.2) is 0 Å². The zero-order valence-electron chi connectivity index (χ0n) is 16.6. The third-order valence-corrected chi connectivity index (χ3v) is 4.76. The smallest absolute Gasteiger partial charge is 0.310 e. The largest absolute Gasteiger partial charge is 0.494 e. The fraction of sp³-hybridized carbons (Fsp3) is 0.304. The number of ether oxygens (including phenoxy) is 2. The summed E-state index contributed by atoms with van der Waals surface area (Å²) in [6.45, 7) is 1.62. The summed E-state index contributed by atoms with van der Waals surface area (Å²) in [4.78, 5) is 24.9. The van der Waals surface area contributed by atoms with Crippen LogP contribution in [0.15, 0.2) is 59.4 Å². The first kappa shape index (κ1) is 20.6. The van der Waals surface area contributed by atoms with E-state index in [2.05, 4.69) is 0 Å². The molecule has 0 aliphatic carbocycles. The molecule has 6 heteroatoms. The Morgan fingerprint density at radius 2 is 1.86 bits per heavy atom. The Labute approximate surface area is 169 Å². The van der Waals surface area contributed by atoms with E-state index in [1.807, 2.05) is 48.5 Å². The molecule has 1 aromatic heterocycles. The number of esters is 1. The van der Waals surface area contributed by atoms with E-state index in [0.29, 0.717) is 31.0 Å². The number of carbonyl (C=O) groups excluding carboxylic acids is 1. The number of hydrogen-bond donors (Lipinski definition) is 1. The Balaban J connectivity index is 2.03. The van der Waals surface area contributed by atoms with Crippen LogP contribution < -0.4 is 16.0 Å². The SMILES string of the molecule is COC(=O)Cc1cc2ccc(OCCCCN)cc2n(Cc2ccccc2)c1=O. The highest BCUT2D eigenvalue weighted by Crippen LogP contribution is 2.22. The molecular weight excluding hydrogens is 368 g/mol. The van der Waals surface area contributed by atoms with Crippen molar-refractivity contribution in [1.29, 1.82) is 0 Å². The molecule has 3 aromatic rings. The van der Waals surface area contributed by atoms with Gasteiger partial charge in [0.05, 0.1) is 32.2 Å². The quantitative estimate of drug-likeness (QED) is 0.446. The van der Waals surface area contributed by atoms with Crippen molar-refractivity contribution in [3.05, 3.63) is 76.1 Å². The van der Waals surface area contributed by atoms with Crippen LogP contribution in [-0.4, -0.2) is 30.8 Å². The van der Waals surface area contributed by atoms with E-state index in [4.69, 9.17) is 15.2 Å². The Morgan fingerprint density at radius 3 is 2.59 bits per heavy atom. The van der Waals surface area contributed by atoms with E-state index < -0.39 is 5.97 Å². The Morgan fingerprint density at radius 1 is 1.07 bits per heavy atom. The van der Waals surface area contributed by atoms with Crippen LogP contribution >= 0.6 is 0 Å². The number of nitrogens with two attached hydrogens (primary N) is 1. The highest BCUT2D eigenvalue weighted by atomic mass is 16.5. The van der Waals surface area contributed by atoms with Gasteiger partial charge in [0.2, 0.25) is 0 Å². The molecular formula is C23H26N2O4. The molecule has 0 fully saturated rings. The Kier molecular flexibility index (Phi) is 7.03. The van der Waals surface area contributed by atoms with Gasteiger partial charge in [0.1, 0.15) is 5.75 Å². The van der Waals surface area contributed by atoms with E-state index >= 15 is 0 Å². The summed E-state index contributed by atoms with van der Waals surface area (Å²) in [5.41, 5.74) is 7.50. The van der Waals surface area contributed by atoms with E-state index in [1.54, 1.807) is 10.6 Å². The minimum atomic E-state index is -0.437. The van der Waals surface area contributed by atoms with E-state index in [9.17, 15) is 9.59 Å². The van der Waals surface area contributed by atoms with Crippen molar-refractivity contribution < 1.29 is 14.3 Å². The number of benzene rings is 2. The Bertz CT molecular complexity index is 1030. The van der Waals surface area contributed by atoms with Crippen LogP contribution in [0, 0.1) is 0 Å². The first-order valence-electron chi connectivity index (χ1n) is 9.72. The first-order chi connectivity index (χ1) is 14.1. The zero-order chi connectivity index (χ0) is 20.6. The number of aromatic nitrogens is 1. The molecule has 6 nitrogen and oxygen atoms in total. The molecule has 1 heterocycles. The molecule has 0 atom stereocenters. The molecule has 0 saturated heterocycles. The van der Waals surface area contributed by atoms with Gasteiger partial charge in [-0.2, -0.15) is 0 Å². The number of pyridine rings is 1. The molecule has 29 heavy (non-hydrogen) atoms. The van der Waals surface area contributed by atoms with Crippen LogP contribution in [0.25, 0.3) is 10.9 Å². The van der Waals surface area contributed by atoms with Gasteiger partial charge < -0.3 is 19.8 Å². The van der Waals surface area contributed by atoms with E-state index in [0.717, 1.165) is 29.3 Å². The lowest BCUT2D eigenvalue weighted by Gasteiger charge is -2.15. The monoisotopic (exact) mass is 394 g/mol. The summed E-state index contributed by atoms with van der Waals surface area (Å²) < 4.78 is 12.3. The molecule has 0 saturated carbocycles. The first-order valence-corrected chi connectivity index (χ1v) is 9.72. The van der Waals surface area contributed by atoms with E-state index in [-0.39, 0.29) is 12.0 Å². The molecule has 0 spiro atoms. The third-order valence-electron chi connectivity index (χ3n) is 4.76. The summed E-state index contributed by atoms with van der Waals surface area (Å²) in [6, 6.07) is 17.2. The second kappa shape index (κ2) is 9.89. The van der Waals surface area contributed by atoms with Crippen LogP contribution in [0.1, 0.15) is 24.0 Å². The van der Waals surface area contributed by atoms with Gasteiger partial charge in [-0.1, -0.05) is 30.3 Å². The van der Waals surface area contributed by atoms with E-state index in [1.165, 1.54) is 7.11 Å². The predicted octanol–water partition coefficient (Wildman–Crippen LogP) is 2.88. The number of nitrogens with zero attached hydrogens (tertiary/aromatic N) is 1. The molecule has 0 radical (unpaired) electrons. The van der Waals surface area contributed by atoms with Crippen LogP contribution in [-0.2, 0) is 22.5 Å². The van der Waals surface area contributed by atoms with Gasteiger partial charge in [-0.25, -0.2) is 0 Å². The third kappa shape index (κ3) is 5.23. The molecule has 152 valence electrons. The fourth-order valence-corrected chi connectivity index (χ4v) is 3.21. The predicted molar refractivity (Wildman–Crippen MR) is 113 cm³/mol. The summed E-state index contributed by atoms with van der Waals surface area (Å²) in [5.74, 6) is 0.268. The van der Waals surface area contributed by atoms with Crippen molar-refractivity contribution in [3.8, 4) is 5.75 Å². The molecule has 0 amide bonds. The maximum atomic E-state index is 13.1. The summed E-state index contributed by atoms with van der Waals surface area (Å²) >= 11 is 0. The number of rotatable bonds is 9. The van der Waals surface area contributed by atoms with Crippen molar-refractivity contribution in [2.75, 3.05) is 20.3 Å². The van der Waals surface area contributed by atoms with Crippen molar-refractivity contribution >= 4 is 16.9 Å². The highest BCUT2D eigenvalue weighted by Gasteiger charge is 2.14. The lowest BCUT2D eigenvalue weighted by atomic mass is 10.1. The second-order valence-electron chi connectivity index (χ2n) is 6.86. The number of unbranched alkanes of at least 4 members (excludes halogenated alkanes) is 1. The average Bonchev–Trinajstić information content (AvgIpc) is 2.75. The average molecular weight is 394 g/mol. The second-order valence-corrected chi connectivity index (χ2v) is 6.86. The molecule has 0 aliphatic rings. The van der Waals surface area contributed by atoms with Crippen molar-refractivity contribution in [2.24, 2.45) is 5.73 Å². The fourth-order valence-electron chi connectivity index (χ4n) is 3.21. The van der Waals surface area contributed by atoms with Crippen LogP contribution in [0.4, 0.5) is 0 Å². The lowest BCUT2D eigenvalue weighted by molar-refractivity contribution is -0.139. The van der Waals surface area contributed by atoms with Gasteiger partial charge in [-0.05, 0) is 48.5 Å². The van der Waals surface area contributed by atoms with Gasteiger partial charge in [-0.3, -0.25) is 9.59 Å². The molecule has 2 aromatic carbocycles. The maximum absolute atomic E-state index is 13.1. The molecule has 0 aliphatic heterocycles. The topological polar surface area (TPSA) is 83.5 Å². The minimum absolute atomic E-state index is 0.0581. The van der Waals surface area contributed by atoms with Crippen molar-refractivity contribution in [1.82, 2.24) is 4.57 Å². The minimum Gasteiger partial charge on any atom is -0.494 e. The van der Waals surface area contributed by atoms with Crippen LogP contribution in [0.5, 0.6) is 5.75 Å². The van der Waals surface area contributed by atoms with Crippen LogP contribution in [0.2, 0.25) is 0 Å². The van der Waals surface area contributed by atoms with Crippen LogP contribution in [0.3, 0.4) is 0 Å². The Hall–Kier alpha value is -3.12. The van der Waals surface area contributed by atoms with Gasteiger partial charge in [0.25, 0.3) is 5.56 Å². The van der Waals surface area contributed by atoms with Gasteiger partial charge in [-0.15, -0.1) is 0 Å². The number of carbonyl (C=O) groups is 1. The summed E-state index contributed by atoms with van der Waals surface area (Å²) in [5, 5.41) is 0.869. The summed E-state index contributed by atoms with van der Waals surface area (Å²) in [7, 11) is 1.32. The molecule has 3 rings (SSSR count). The molecule has 0 bridgehead atoms. The van der Waals surface area contributed by atoms with Crippen molar-refractivity contribution in [2.45, 2.75) is 25.8 Å². The molecule has 2 N–H and O–H groups in total. The standard InChI is InChI=1S/C23H26N2O4/c1-28-22(26)14-19-13-18-9-10-20(29-12-6-5-11-24)15-21(18)25(23(19)27)16-17-7-3-2-4-8-17/h2-4,7-10,13,15H,5-6,11-12,14,16,24H2,1H3. The van der Waals surface area contributed by atoms with Gasteiger partial charge >= 0.3 is 5.97 Å². The zero-order valence-corrected chi connectivity index (χ0v) is 16.6. The van der Waals surface area contributed by atoms with Crippen molar-refractivity contribution in [3.63, 3.8) is 0 Å². The number of methoxy groups -OCH3 is 1. The number of hydrogen-bond acceptors (Lipinski definition) is 5. The lowest BCUT2D eigenvalue weighted by Crippen LogP contribution is -2.26. The maximum Gasteiger partial charge on any atom is 0.310 e. The summed E-state index contributed by atoms with van der Waals surface area (Å²) in [6.07, 6.45) is 1.73. The number of fused-ring (bicyclic) bond motifs is 1. The normalized spacial score (nSPS) is 10.8. The highest BCUT2D eigenvalue weighted by molar-refractivity contribution is 5.83. The van der Waals surface area contributed by atoms with Gasteiger partial charge in [0, 0.05) is 11.6 Å². The molecule has 0 unspecified atom stereocenters.